The van der Waals surface area contributed by atoms with Crippen LogP contribution in [0, 0.1) is 0 Å². The van der Waals surface area contributed by atoms with Crippen LogP contribution < -0.4 is 15.5 Å². The van der Waals surface area contributed by atoms with Crippen molar-refractivity contribution in [2.75, 3.05) is 23.3 Å². The lowest BCUT2D eigenvalue weighted by Gasteiger charge is -2.22. The van der Waals surface area contributed by atoms with Crippen molar-refractivity contribution in [3.63, 3.8) is 0 Å². The number of amides is 2. The summed E-state index contributed by atoms with van der Waals surface area (Å²) in [5.74, 6) is -0.225. The molecule has 6 heteroatoms. The molecule has 2 aromatic carbocycles. The molecule has 3 aromatic rings. The van der Waals surface area contributed by atoms with Crippen LogP contribution in [0.2, 0.25) is 0 Å². The van der Waals surface area contributed by atoms with Crippen molar-refractivity contribution in [2.24, 2.45) is 0 Å². The monoisotopic (exact) mass is 433 g/mol. The van der Waals surface area contributed by atoms with Gasteiger partial charge in [-0.3, -0.25) is 9.59 Å². The predicted octanol–water partition coefficient (Wildman–Crippen LogP) is 5.31. The predicted molar refractivity (Wildman–Crippen MR) is 127 cm³/mol. The van der Waals surface area contributed by atoms with E-state index >= 15 is 0 Å². The number of anilines is 2. The van der Waals surface area contributed by atoms with Crippen molar-refractivity contribution < 1.29 is 9.59 Å². The van der Waals surface area contributed by atoms with Crippen molar-refractivity contribution in [3.05, 3.63) is 82.0 Å². The fourth-order valence-corrected chi connectivity index (χ4v) is 4.38. The second-order valence-electron chi connectivity index (χ2n) is 7.76. The molecule has 1 aliphatic heterocycles. The number of nitrogens with zero attached hydrogens (tertiary/aromatic N) is 1. The smallest absolute Gasteiger partial charge is 0.261 e. The molecule has 0 radical (unpaired) electrons. The van der Waals surface area contributed by atoms with Gasteiger partial charge >= 0.3 is 0 Å². The van der Waals surface area contributed by atoms with Gasteiger partial charge in [0.2, 0.25) is 0 Å². The topological polar surface area (TPSA) is 61.4 Å². The third kappa shape index (κ3) is 5.73. The van der Waals surface area contributed by atoms with E-state index in [2.05, 4.69) is 27.7 Å². The molecule has 5 nitrogen and oxygen atoms in total. The Morgan fingerprint density at radius 2 is 1.55 bits per heavy atom. The molecule has 1 aliphatic rings. The number of hydrogen-bond donors (Lipinski definition) is 2. The number of nitrogens with one attached hydrogen (secondary N) is 2. The van der Waals surface area contributed by atoms with E-state index in [1.54, 1.807) is 18.2 Å². The van der Waals surface area contributed by atoms with Crippen molar-refractivity contribution >= 4 is 34.5 Å². The van der Waals surface area contributed by atoms with Gasteiger partial charge in [0.05, 0.1) is 4.88 Å². The molecule has 0 unspecified atom stereocenters. The Kier molecular flexibility index (Phi) is 6.99. The normalized spacial score (nSPS) is 14.0. The summed E-state index contributed by atoms with van der Waals surface area (Å²) in [7, 11) is 0. The molecule has 0 saturated carbocycles. The van der Waals surface area contributed by atoms with Crippen LogP contribution >= 0.6 is 11.3 Å². The van der Waals surface area contributed by atoms with Crippen LogP contribution in [-0.2, 0) is 6.54 Å². The second-order valence-corrected chi connectivity index (χ2v) is 8.71. The first-order chi connectivity index (χ1) is 15.2. The van der Waals surface area contributed by atoms with Gasteiger partial charge in [-0.25, -0.2) is 0 Å². The van der Waals surface area contributed by atoms with Crippen LogP contribution in [0.5, 0.6) is 0 Å². The summed E-state index contributed by atoms with van der Waals surface area (Å²) in [5.41, 5.74) is 3.54. The first-order valence-corrected chi connectivity index (χ1v) is 11.6. The van der Waals surface area contributed by atoms with Gasteiger partial charge in [-0.05, 0) is 66.2 Å². The lowest BCUT2D eigenvalue weighted by atomic mass is 10.1. The number of hydrogen-bond acceptors (Lipinski definition) is 4. The maximum absolute atomic E-state index is 12.6. The minimum absolute atomic E-state index is 0.0829. The fourth-order valence-electron chi connectivity index (χ4n) is 3.74. The molecule has 0 aliphatic carbocycles. The number of benzene rings is 2. The summed E-state index contributed by atoms with van der Waals surface area (Å²) in [6.45, 7) is 2.63. The highest BCUT2D eigenvalue weighted by Gasteiger charge is 2.11. The van der Waals surface area contributed by atoms with E-state index in [1.165, 1.54) is 42.7 Å². The Hall–Kier alpha value is -3.12. The highest BCUT2D eigenvalue weighted by molar-refractivity contribution is 7.12. The zero-order valence-electron chi connectivity index (χ0n) is 17.5. The molecular formula is C25H27N3O2S. The lowest BCUT2D eigenvalue weighted by molar-refractivity contribution is 0.0953. The molecule has 1 fully saturated rings. The Morgan fingerprint density at radius 3 is 2.19 bits per heavy atom. The van der Waals surface area contributed by atoms with Crippen LogP contribution in [-0.4, -0.2) is 24.9 Å². The maximum atomic E-state index is 12.6. The van der Waals surface area contributed by atoms with Crippen LogP contribution in [0.4, 0.5) is 11.4 Å². The molecule has 160 valence electrons. The minimum atomic E-state index is -0.142. The summed E-state index contributed by atoms with van der Waals surface area (Å²) in [5, 5.41) is 7.74. The average molecular weight is 434 g/mol. The summed E-state index contributed by atoms with van der Waals surface area (Å²) in [4.78, 5) is 27.7. The summed E-state index contributed by atoms with van der Waals surface area (Å²) in [6, 6.07) is 19.1. The van der Waals surface area contributed by atoms with Gasteiger partial charge in [0.25, 0.3) is 11.8 Å². The SMILES string of the molecule is O=C(Nc1ccc(N2CCCCCC2)cc1)c1ccc(CNC(=O)c2cccs2)cc1. The summed E-state index contributed by atoms with van der Waals surface area (Å²) >= 11 is 1.42. The van der Waals surface area contributed by atoms with Crippen LogP contribution in [0.25, 0.3) is 0 Å². The number of carbonyl (C=O) groups is 2. The molecule has 2 N–H and O–H groups in total. The third-order valence-corrected chi connectivity index (χ3v) is 6.38. The lowest BCUT2D eigenvalue weighted by Crippen LogP contribution is -2.23. The van der Waals surface area contributed by atoms with Crippen LogP contribution in [0.1, 0.15) is 51.3 Å². The quantitative estimate of drug-likeness (QED) is 0.554. The zero-order chi connectivity index (χ0) is 21.5. The van der Waals surface area contributed by atoms with E-state index in [-0.39, 0.29) is 11.8 Å². The molecular weight excluding hydrogens is 406 g/mol. The number of thiophene rings is 1. The first-order valence-electron chi connectivity index (χ1n) is 10.8. The largest absolute Gasteiger partial charge is 0.372 e. The Morgan fingerprint density at radius 1 is 0.839 bits per heavy atom. The minimum Gasteiger partial charge on any atom is -0.372 e. The highest BCUT2D eigenvalue weighted by atomic mass is 32.1. The molecule has 2 amide bonds. The van der Waals surface area contributed by atoms with Crippen LogP contribution in [0.15, 0.2) is 66.0 Å². The van der Waals surface area contributed by atoms with Crippen molar-refractivity contribution in [2.45, 2.75) is 32.2 Å². The maximum Gasteiger partial charge on any atom is 0.261 e. The van der Waals surface area contributed by atoms with Gasteiger partial charge in [0, 0.05) is 36.6 Å². The highest BCUT2D eigenvalue weighted by Crippen LogP contribution is 2.22. The van der Waals surface area contributed by atoms with E-state index in [1.807, 2.05) is 35.7 Å². The van der Waals surface area contributed by atoms with Gasteiger partial charge in [-0.2, -0.15) is 0 Å². The van der Waals surface area contributed by atoms with E-state index in [4.69, 9.17) is 0 Å². The first kappa shape index (κ1) is 21.1. The standard InChI is InChI=1S/C25H27N3O2S/c29-24(27-21-11-13-22(14-12-21)28-15-3-1-2-4-16-28)20-9-7-19(8-10-20)18-26-25(30)23-6-5-17-31-23/h5-14,17H,1-4,15-16,18H2,(H,26,30)(H,27,29). The molecule has 0 spiro atoms. The van der Waals surface area contributed by atoms with Gasteiger partial charge in [-0.1, -0.05) is 31.0 Å². The van der Waals surface area contributed by atoms with E-state index in [0.29, 0.717) is 17.0 Å². The van der Waals surface area contributed by atoms with Gasteiger partial charge in [0.15, 0.2) is 0 Å². The van der Waals surface area contributed by atoms with Crippen molar-refractivity contribution in [1.82, 2.24) is 5.32 Å². The molecule has 1 saturated heterocycles. The molecule has 1 aromatic heterocycles. The molecule has 31 heavy (non-hydrogen) atoms. The second kappa shape index (κ2) is 10.3. The molecule has 4 rings (SSSR count). The fraction of sp³-hybridized carbons (Fsp3) is 0.280. The zero-order valence-corrected chi connectivity index (χ0v) is 18.3. The van der Waals surface area contributed by atoms with Crippen molar-refractivity contribution in [3.8, 4) is 0 Å². The third-order valence-electron chi connectivity index (χ3n) is 5.51. The summed E-state index contributed by atoms with van der Waals surface area (Å²) in [6.07, 6.45) is 5.10. The van der Waals surface area contributed by atoms with E-state index in [0.717, 1.165) is 24.3 Å². The van der Waals surface area contributed by atoms with E-state index < -0.39 is 0 Å². The number of carbonyl (C=O) groups excluding carboxylic acids is 2. The van der Waals surface area contributed by atoms with Gasteiger partial charge in [-0.15, -0.1) is 11.3 Å². The van der Waals surface area contributed by atoms with Crippen molar-refractivity contribution in [1.29, 1.82) is 0 Å². The van der Waals surface area contributed by atoms with Gasteiger partial charge in [0.1, 0.15) is 0 Å². The molecule has 0 bridgehead atoms. The van der Waals surface area contributed by atoms with Gasteiger partial charge < -0.3 is 15.5 Å². The molecule has 0 atom stereocenters. The molecule has 2 heterocycles. The Labute approximate surface area is 187 Å². The Balaban J connectivity index is 1.30. The Bertz CT molecular complexity index is 990. The van der Waals surface area contributed by atoms with E-state index in [9.17, 15) is 9.59 Å². The number of rotatable bonds is 6. The summed E-state index contributed by atoms with van der Waals surface area (Å²) < 4.78 is 0. The van der Waals surface area contributed by atoms with Crippen LogP contribution in [0.3, 0.4) is 0 Å². The average Bonchev–Trinajstić information content (AvgIpc) is 3.21.